The standard InChI is InChI=1S/C71H118O6/c1-4-7-10-13-16-19-22-25-26-27-28-29-30-31-32-33-34-35-36-37-38-39-40-41-42-43-44-45-46-47-50-52-55-58-61-64-70(73)76-67-68(77-71(74)65-62-59-56-53-49-24-21-18-15-12-9-6-3)66-75-69(72)63-60-57-54-51-48-23-20-17-14-11-8-5-2/h7,10,16,18-19,21,25-26,28-29,31-32,34-35,37-38,40-41,43-44,68H,4-6,8-9,11-15,17,20,22-24,27,30,33,36,39,42,45-67H2,1-3H3/b10-7-,19-16-,21-18-,26-25-,29-28-,32-31-,35-34-,38-37-,41-40-,44-43-. The summed E-state index contributed by atoms with van der Waals surface area (Å²) in [6.07, 6.45) is 89.3. The van der Waals surface area contributed by atoms with Gasteiger partial charge in [-0.2, -0.15) is 0 Å². The smallest absolute Gasteiger partial charge is 0.306 e. The van der Waals surface area contributed by atoms with Crippen LogP contribution in [0.25, 0.3) is 0 Å². The molecular formula is C71H118O6. The zero-order valence-electron chi connectivity index (χ0n) is 50.2. The van der Waals surface area contributed by atoms with Gasteiger partial charge in [0.05, 0.1) is 0 Å². The molecule has 0 saturated carbocycles. The van der Waals surface area contributed by atoms with Gasteiger partial charge in [-0.15, -0.1) is 0 Å². The van der Waals surface area contributed by atoms with Crippen molar-refractivity contribution in [2.45, 2.75) is 297 Å². The van der Waals surface area contributed by atoms with E-state index >= 15 is 0 Å². The third-order valence-corrected chi connectivity index (χ3v) is 13.5. The summed E-state index contributed by atoms with van der Waals surface area (Å²) in [5.74, 6) is -0.901. The Kier molecular flexibility index (Phi) is 60.8. The van der Waals surface area contributed by atoms with Crippen molar-refractivity contribution in [1.82, 2.24) is 0 Å². The molecule has 77 heavy (non-hydrogen) atoms. The second-order valence-corrected chi connectivity index (χ2v) is 20.9. The van der Waals surface area contributed by atoms with Crippen LogP contribution in [-0.4, -0.2) is 37.2 Å². The van der Waals surface area contributed by atoms with E-state index in [1.54, 1.807) is 0 Å². The van der Waals surface area contributed by atoms with Crippen molar-refractivity contribution in [3.8, 4) is 0 Å². The Morgan fingerprint density at radius 3 is 0.831 bits per heavy atom. The van der Waals surface area contributed by atoms with Crippen LogP contribution in [0.15, 0.2) is 122 Å². The van der Waals surface area contributed by atoms with Gasteiger partial charge in [-0.3, -0.25) is 14.4 Å². The first-order valence-corrected chi connectivity index (χ1v) is 32.0. The summed E-state index contributed by atoms with van der Waals surface area (Å²) in [6.45, 7) is 6.49. The molecule has 0 amide bonds. The lowest BCUT2D eigenvalue weighted by Gasteiger charge is -2.18. The number of unbranched alkanes of at least 4 members (excludes halogenated alkanes) is 26. The molecule has 0 spiro atoms. The first-order valence-electron chi connectivity index (χ1n) is 32.0. The number of esters is 3. The van der Waals surface area contributed by atoms with E-state index < -0.39 is 6.10 Å². The van der Waals surface area contributed by atoms with Gasteiger partial charge >= 0.3 is 17.9 Å². The van der Waals surface area contributed by atoms with Crippen LogP contribution in [0.4, 0.5) is 0 Å². The molecule has 0 heterocycles. The summed E-state index contributed by atoms with van der Waals surface area (Å²) in [4.78, 5) is 38.1. The average Bonchev–Trinajstić information content (AvgIpc) is 3.43. The van der Waals surface area contributed by atoms with Gasteiger partial charge in [-0.05, 0) is 116 Å². The van der Waals surface area contributed by atoms with Gasteiger partial charge in [-0.1, -0.05) is 277 Å². The third-order valence-electron chi connectivity index (χ3n) is 13.5. The zero-order chi connectivity index (χ0) is 55.7. The SMILES string of the molecule is CC/C=C\C/C=C\C/C=C\C/C=C\C/C=C\C/C=C\C/C=C\C/C=C\C/C=C\CCCCCCCCCC(=O)OCC(COC(=O)CCCCCCCCCCCCCC)OC(=O)CCCCCCC/C=C\CCCCC. The Balaban J connectivity index is 4.20. The topological polar surface area (TPSA) is 78.9 Å². The molecule has 1 atom stereocenters. The maximum atomic E-state index is 12.8. The Bertz CT molecular complexity index is 1600. The second-order valence-electron chi connectivity index (χ2n) is 20.9. The maximum absolute atomic E-state index is 12.8. The molecular weight excluding hydrogens is 949 g/mol. The summed E-state index contributed by atoms with van der Waals surface area (Å²) in [5.41, 5.74) is 0. The molecule has 0 aromatic heterocycles. The average molecular weight is 1070 g/mol. The van der Waals surface area contributed by atoms with Gasteiger partial charge in [0, 0.05) is 19.3 Å². The van der Waals surface area contributed by atoms with Crippen molar-refractivity contribution < 1.29 is 28.6 Å². The quantitative estimate of drug-likeness (QED) is 0.0261. The summed E-state index contributed by atoms with van der Waals surface area (Å²) in [5, 5.41) is 0. The van der Waals surface area contributed by atoms with Crippen LogP contribution in [0.1, 0.15) is 290 Å². The summed E-state index contributed by atoms with van der Waals surface area (Å²) >= 11 is 0. The molecule has 0 aliphatic heterocycles. The highest BCUT2D eigenvalue weighted by molar-refractivity contribution is 5.71. The summed E-state index contributed by atoms with van der Waals surface area (Å²) in [7, 11) is 0. The van der Waals surface area contributed by atoms with Crippen LogP contribution < -0.4 is 0 Å². The lowest BCUT2D eigenvalue weighted by atomic mass is 10.0. The molecule has 0 aliphatic carbocycles. The molecule has 0 saturated heterocycles. The molecule has 0 radical (unpaired) electrons. The predicted molar refractivity (Wildman–Crippen MR) is 334 cm³/mol. The minimum Gasteiger partial charge on any atom is -0.462 e. The van der Waals surface area contributed by atoms with Crippen LogP contribution in [0.5, 0.6) is 0 Å². The van der Waals surface area contributed by atoms with E-state index in [0.717, 1.165) is 135 Å². The van der Waals surface area contributed by atoms with Crippen molar-refractivity contribution in [1.29, 1.82) is 0 Å². The maximum Gasteiger partial charge on any atom is 0.306 e. The molecule has 0 aliphatic rings. The minimum atomic E-state index is -0.786. The summed E-state index contributed by atoms with van der Waals surface area (Å²) in [6, 6.07) is 0. The first-order chi connectivity index (χ1) is 38.0. The molecule has 0 aromatic carbocycles. The van der Waals surface area contributed by atoms with E-state index in [1.165, 1.54) is 116 Å². The van der Waals surface area contributed by atoms with Crippen molar-refractivity contribution in [2.24, 2.45) is 0 Å². The van der Waals surface area contributed by atoms with E-state index in [1.807, 2.05) is 0 Å². The Morgan fingerprint density at radius 2 is 0.506 bits per heavy atom. The molecule has 6 heteroatoms. The molecule has 0 N–H and O–H groups in total. The normalized spacial score (nSPS) is 12.9. The Morgan fingerprint density at radius 1 is 0.273 bits per heavy atom. The highest BCUT2D eigenvalue weighted by Gasteiger charge is 2.19. The second kappa shape index (κ2) is 64.3. The van der Waals surface area contributed by atoms with E-state index in [2.05, 4.69) is 142 Å². The fourth-order valence-corrected chi connectivity index (χ4v) is 8.67. The van der Waals surface area contributed by atoms with Gasteiger partial charge in [0.2, 0.25) is 0 Å². The van der Waals surface area contributed by atoms with Crippen molar-refractivity contribution >= 4 is 17.9 Å². The van der Waals surface area contributed by atoms with Crippen LogP contribution in [0.3, 0.4) is 0 Å². The van der Waals surface area contributed by atoms with Crippen molar-refractivity contribution in [2.75, 3.05) is 13.2 Å². The number of carbonyl (C=O) groups excluding carboxylic acids is 3. The number of allylic oxidation sites excluding steroid dienone is 20. The van der Waals surface area contributed by atoms with E-state index in [-0.39, 0.29) is 31.1 Å². The van der Waals surface area contributed by atoms with Gasteiger partial charge < -0.3 is 14.2 Å². The largest absolute Gasteiger partial charge is 0.462 e. The van der Waals surface area contributed by atoms with Crippen molar-refractivity contribution in [3.63, 3.8) is 0 Å². The van der Waals surface area contributed by atoms with Crippen LogP contribution in [-0.2, 0) is 28.6 Å². The number of rotatable bonds is 57. The lowest BCUT2D eigenvalue weighted by Crippen LogP contribution is -2.30. The van der Waals surface area contributed by atoms with Gasteiger partial charge in [0.15, 0.2) is 6.10 Å². The van der Waals surface area contributed by atoms with Gasteiger partial charge in [-0.25, -0.2) is 0 Å². The molecule has 438 valence electrons. The van der Waals surface area contributed by atoms with Crippen LogP contribution >= 0.6 is 0 Å². The molecule has 0 aromatic rings. The lowest BCUT2D eigenvalue weighted by molar-refractivity contribution is -0.167. The number of carbonyl (C=O) groups is 3. The Labute approximate surface area is 475 Å². The predicted octanol–water partition coefficient (Wildman–Crippen LogP) is 22.0. The molecule has 1 unspecified atom stereocenters. The highest BCUT2D eigenvalue weighted by Crippen LogP contribution is 2.15. The Hall–Kier alpha value is -4.19. The van der Waals surface area contributed by atoms with E-state index in [4.69, 9.17) is 14.2 Å². The van der Waals surface area contributed by atoms with Crippen LogP contribution in [0, 0.1) is 0 Å². The number of hydrogen-bond acceptors (Lipinski definition) is 6. The third kappa shape index (κ3) is 62.5. The van der Waals surface area contributed by atoms with Gasteiger partial charge in [0.25, 0.3) is 0 Å². The van der Waals surface area contributed by atoms with E-state index in [9.17, 15) is 14.4 Å². The van der Waals surface area contributed by atoms with Crippen LogP contribution in [0.2, 0.25) is 0 Å². The van der Waals surface area contributed by atoms with Gasteiger partial charge in [0.1, 0.15) is 13.2 Å². The molecule has 0 rings (SSSR count). The molecule has 0 fully saturated rings. The monoisotopic (exact) mass is 1070 g/mol. The van der Waals surface area contributed by atoms with Crippen molar-refractivity contribution in [3.05, 3.63) is 122 Å². The molecule has 0 bridgehead atoms. The van der Waals surface area contributed by atoms with E-state index in [0.29, 0.717) is 19.3 Å². The fourth-order valence-electron chi connectivity index (χ4n) is 8.67. The zero-order valence-corrected chi connectivity index (χ0v) is 50.2. The highest BCUT2D eigenvalue weighted by atomic mass is 16.6. The number of hydrogen-bond donors (Lipinski definition) is 0. The first kappa shape index (κ1) is 72.8. The summed E-state index contributed by atoms with van der Waals surface area (Å²) < 4.78 is 16.9. The molecule has 6 nitrogen and oxygen atoms in total. The number of ether oxygens (including phenoxy) is 3. The fraction of sp³-hybridized carbons (Fsp3) is 0.676. The minimum absolute atomic E-state index is 0.0833.